The van der Waals surface area contributed by atoms with E-state index in [-0.39, 0.29) is 17.9 Å². The molecule has 1 saturated heterocycles. The Morgan fingerprint density at radius 1 is 1.24 bits per heavy atom. The van der Waals surface area contributed by atoms with E-state index < -0.39 is 30.5 Å². The fourth-order valence-electron chi connectivity index (χ4n) is 3.36. The molecule has 1 fully saturated rings. The van der Waals surface area contributed by atoms with Gasteiger partial charge in [-0.15, -0.1) is 0 Å². The summed E-state index contributed by atoms with van der Waals surface area (Å²) >= 11 is 0. The minimum absolute atomic E-state index is 0.199. The molecule has 0 unspecified atom stereocenters. The number of anilines is 1. The molecule has 0 radical (unpaired) electrons. The number of nitrogen functional groups attached to an aromatic ring is 1. The van der Waals surface area contributed by atoms with Crippen molar-refractivity contribution in [2.45, 2.75) is 31.1 Å². The van der Waals surface area contributed by atoms with Gasteiger partial charge >= 0.3 is 5.97 Å². The molecule has 29 heavy (non-hydrogen) atoms. The van der Waals surface area contributed by atoms with Gasteiger partial charge in [0.05, 0.1) is 11.9 Å². The van der Waals surface area contributed by atoms with Crippen molar-refractivity contribution in [2.24, 2.45) is 0 Å². The number of nitrogens with zero attached hydrogens (tertiary/aromatic N) is 4. The molecular formula is C18H20N6O5. The van der Waals surface area contributed by atoms with Gasteiger partial charge in [0, 0.05) is 13.1 Å². The highest BCUT2D eigenvalue weighted by Gasteiger charge is 2.44. The lowest BCUT2D eigenvalue weighted by molar-refractivity contribution is -0.0342. The maximum atomic E-state index is 11.1. The molecule has 3 aromatic rings. The van der Waals surface area contributed by atoms with Gasteiger partial charge < -0.3 is 31.1 Å². The number of carbonyl (C=O) groups is 1. The van der Waals surface area contributed by atoms with Crippen molar-refractivity contribution in [1.82, 2.24) is 24.8 Å². The molecule has 1 aliphatic rings. The number of carboxylic acids is 1. The van der Waals surface area contributed by atoms with E-state index in [1.54, 1.807) is 18.2 Å². The Morgan fingerprint density at radius 2 is 2.07 bits per heavy atom. The van der Waals surface area contributed by atoms with Crippen LogP contribution < -0.4 is 11.1 Å². The van der Waals surface area contributed by atoms with Crippen LogP contribution in [0.15, 0.2) is 36.9 Å². The van der Waals surface area contributed by atoms with E-state index in [1.807, 2.05) is 0 Å². The van der Waals surface area contributed by atoms with Gasteiger partial charge in [0.2, 0.25) is 0 Å². The van der Waals surface area contributed by atoms with E-state index in [0.29, 0.717) is 17.7 Å². The summed E-state index contributed by atoms with van der Waals surface area (Å²) in [5.74, 6) is -0.784. The Balaban J connectivity index is 1.43. The summed E-state index contributed by atoms with van der Waals surface area (Å²) in [6.45, 7) is 0.627. The summed E-state index contributed by atoms with van der Waals surface area (Å²) in [5.41, 5.74) is 7.54. The molecule has 0 bridgehead atoms. The number of hydrogen-bond acceptors (Lipinski definition) is 9. The van der Waals surface area contributed by atoms with Crippen LogP contribution in [0.2, 0.25) is 0 Å². The summed E-state index contributed by atoms with van der Waals surface area (Å²) < 4.78 is 7.35. The number of nitrogens with one attached hydrogen (secondary N) is 1. The maximum Gasteiger partial charge on any atom is 0.335 e. The molecule has 3 heterocycles. The van der Waals surface area contributed by atoms with Crippen molar-refractivity contribution in [3.05, 3.63) is 48.0 Å². The van der Waals surface area contributed by atoms with Crippen LogP contribution in [0, 0.1) is 0 Å². The first-order chi connectivity index (χ1) is 14.0. The molecule has 11 heteroatoms. The molecular weight excluding hydrogens is 380 g/mol. The molecule has 2 aromatic heterocycles. The molecule has 6 N–H and O–H groups in total. The molecule has 0 saturated carbocycles. The minimum Gasteiger partial charge on any atom is -0.478 e. The van der Waals surface area contributed by atoms with Crippen molar-refractivity contribution in [2.75, 3.05) is 12.3 Å². The number of imidazole rings is 1. The lowest BCUT2D eigenvalue weighted by Gasteiger charge is -2.16. The molecule has 0 aliphatic carbocycles. The van der Waals surface area contributed by atoms with Crippen LogP contribution >= 0.6 is 0 Å². The number of aromatic carboxylic acids is 1. The van der Waals surface area contributed by atoms with Gasteiger partial charge in [0.15, 0.2) is 17.7 Å². The third kappa shape index (κ3) is 3.63. The first-order valence-corrected chi connectivity index (χ1v) is 8.93. The second-order valence-electron chi connectivity index (χ2n) is 6.77. The zero-order chi connectivity index (χ0) is 20.5. The summed E-state index contributed by atoms with van der Waals surface area (Å²) in [6.07, 6.45) is -1.16. The van der Waals surface area contributed by atoms with Gasteiger partial charge in [-0.2, -0.15) is 0 Å². The van der Waals surface area contributed by atoms with Crippen LogP contribution in [0.25, 0.3) is 11.2 Å². The Kier molecular flexibility index (Phi) is 5.11. The molecule has 0 amide bonds. The highest BCUT2D eigenvalue weighted by atomic mass is 16.6. The van der Waals surface area contributed by atoms with Gasteiger partial charge in [-0.05, 0) is 17.7 Å². The predicted octanol–water partition coefficient (Wildman–Crippen LogP) is -0.484. The van der Waals surface area contributed by atoms with Gasteiger partial charge in [0.1, 0.15) is 30.2 Å². The van der Waals surface area contributed by atoms with E-state index in [1.165, 1.54) is 23.3 Å². The summed E-state index contributed by atoms with van der Waals surface area (Å²) in [4.78, 5) is 23.2. The van der Waals surface area contributed by atoms with Crippen molar-refractivity contribution in [3.63, 3.8) is 0 Å². The van der Waals surface area contributed by atoms with Gasteiger partial charge in [-0.1, -0.05) is 12.1 Å². The third-order valence-corrected chi connectivity index (χ3v) is 4.85. The zero-order valence-electron chi connectivity index (χ0n) is 15.2. The Bertz CT molecular complexity index is 1040. The summed E-state index contributed by atoms with van der Waals surface area (Å²) in [5, 5.41) is 33.0. The number of hydrogen-bond donors (Lipinski definition) is 5. The monoisotopic (exact) mass is 400 g/mol. The number of aliphatic hydroxyl groups excluding tert-OH is 2. The first-order valence-electron chi connectivity index (χ1n) is 8.93. The number of aliphatic hydroxyl groups is 2. The van der Waals surface area contributed by atoms with Gasteiger partial charge in [0.25, 0.3) is 0 Å². The average Bonchev–Trinajstić information content (AvgIpc) is 3.25. The number of nitrogens with two attached hydrogens (primary N) is 1. The van der Waals surface area contributed by atoms with Crippen LogP contribution in [0.3, 0.4) is 0 Å². The molecule has 0 spiro atoms. The predicted molar refractivity (Wildman–Crippen MR) is 101 cm³/mol. The third-order valence-electron chi connectivity index (χ3n) is 4.85. The quantitative estimate of drug-likeness (QED) is 0.364. The lowest BCUT2D eigenvalue weighted by Crippen LogP contribution is -2.37. The Hall–Kier alpha value is -3.12. The number of fused-ring (bicyclic) bond motifs is 1. The standard InChI is InChI=1S/C18H20N6O5/c19-15-12-16(22-7-21-15)24(8-23-12)17-14(26)13(25)11(29-17)6-20-5-9-2-1-3-10(4-9)18(27)28/h1-4,7-8,11,13-14,17,20,25-26H,5-6H2,(H,27,28)(H2,19,21,22)/t11-,13-,14-,17-/m1/s1. The number of benzene rings is 1. The second-order valence-corrected chi connectivity index (χ2v) is 6.77. The van der Waals surface area contributed by atoms with Crippen LogP contribution in [-0.4, -0.2) is 65.7 Å². The number of rotatable bonds is 6. The summed E-state index contributed by atoms with van der Waals surface area (Å²) in [7, 11) is 0. The molecule has 1 aliphatic heterocycles. The minimum atomic E-state index is -1.19. The molecule has 11 nitrogen and oxygen atoms in total. The van der Waals surface area contributed by atoms with E-state index >= 15 is 0 Å². The average molecular weight is 400 g/mol. The normalized spacial score (nSPS) is 24.2. The number of ether oxygens (including phenoxy) is 1. The fourth-order valence-corrected chi connectivity index (χ4v) is 3.36. The largest absolute Gasteiger partial charge is 0.478 e. The molecule has 4 rings (SSSR count). The summed E-state index contributed by atoms with van der Waals surface area (Å²) in [6, 6.07) is 6.55. The first kappa shape index (κ1) is 19.2. The van der Waals surface area contributed by atoms with E-state index in [0.717, 1.165) is 5.56 Å². The van der Waals surface area contributed by atoms with Gasteiger partial charge in [-0.3, -0.25) is 4.57 Å². The SMILES string of the molecule is Nc1ncnc2c1ncn2[C@@H]1O[C@H](CNCc2cccc(C(=O)O)c2)[C@@H](O)[C@H]1O. The molecule has 4 atom stereocenters. The van der Waals surface area contributed by atoms with E-state index in [9.17, 15) is 15.0 Å². The number of carboxylic acid groups (broad SMARTS) is 1. The highest BCUT2D eigenvalue weighted by molar-refractivity contribution is 5.87. The van der Waals surface area contributed by atoms with Crippen molar-refractivity contribution < 1.29 is 24.9 Å². The molecule has 1 aromatic carbocycles. The van der Waals surface area contributed by atoms with E-state index in [2.05, 4.69) is 20.3 Å². The van der Waals surface area contributed by atoms with Crippen molar-refractivity contribution in [3.8, 4) is 0 Å². The van der Waals surface area contributed by atoms with Crippen molar-refractivity contribution >= 4 is 23.0 Å². The van der Waals surface area contributed by atoms with Crippen LogP contribution in [0.5, 0.6) is 0 Å². The van der Waals surface area contributed by atoms with Crippen LogP contribution in [-0.2, 0) is 11.3 Å². The molecule has 152 valence electrons. The number of aromatic nitrogens is 4. The maximum absolute atomic E-state index is 11.1. The highest BCUT2D eigenvalue weighted by Crippen LogP contribution is 2.31. The lowest BCUT2D eigenvalue weighted by atomic mass is 10.1. The smallest absolute Gasteiger partial charge is 0.335 e. The second kappa shape index (κ2) is 7.72. The Morgan fingerprint density at radius 3 is 2.86 bits per heavy atom. The Labute approximate surface area is 164 Å². The fraction of sp³-hybridized carbons (Fsp3) is 0.333. The van der Waals surface area contributed by atoms with E-state index in [4.69, 9.17) is 15.6 Å². The van der Waals surface area contributed by atoms with Crippen LogP contribution in [0.4, 0.5) is 5.82 Å². The van der Waals surface area contributed by atoms with Crippen LogP contribution in [0.1, 0.15) is 22.1 Å². The topological polar surface area (TPSA) is 169 Å². The van der Waals surface area contributed by atoms with Crippen molar-refractivity contribution in [1.29, 1.82) is 0 Å². The van der Waals surface area contributed by atoms with Gasteiger partial charge in [-0.25, -0.2) is 19.7 Å². The zero-order valence-corrected chi connectivity index (χ0v) is 15.2.